The van der Waals surface area contributed by atoms with Crippen molar-refractivity contribution in [2.24, 2.45) is 34.0 Å². The standard InChI is InChI=1S/C20H30O3/c1-18(2)15-8-17(23)20-9-12(13(10-20)11-21)4-5-14(20)19(15,3)7-6-16(18)22/h10,12,14-16,21-22H,4-9,11H2,1-3H3/t12-,14+,15-,16-,19+,20-/m1/s1. The van der Waals surface area contributed by atoms with Crippen LogP contribution in [-0.2, 0) is 4.79 Å². The first-order valence-electron chi connectivity index (χ1n) is 9.29. The molecule has 0 radical (unpaired) electrons. The van der Waals surface area contributed by atoms with Crippen molar-refractivity contribution in [3.8, 4) is 0 Å². The molecule has 128 valence electrons. The number of fused-ring (bicyclic) bond motifs is 3. The summed E-state index contributed by atoms with van der Waals surface area (Å²) < 4.78 is 0. The summed E-state index contributed by atoms with van der Waals surface area (Å²) in [5.74, 6) is 1.45. The SMILES string of the molecule is CC1(C)[C@H](O)CC[C@]2(C)[C@@H]1CC(=O)[C@]13C=C(CO)[C@H](CC[C@@H]21)C3. The molecule has 0 heterocycles. The van der Waals surface area contributed by atoms with Crippen molar-refractivity contribution in [3.05, 3.63) is 11.6 Å². The zero-order valence-electron chi connectivity index (χ0n) is 14.6. The summed E-state index contributed by atoms with van der Waals surface area (Å²) in [6.07, 6.45) is 7.47. The third kappa shape index (κ3) is 1.81. The maximum absolute atomic E-state index is 13.3. The van der Waals surface area contributed by atoms with Gasteiger partial charge < -0.3 is 10.2 Å². The van der Waals surface area contributed by atoms with Crippen molar-refractivity contribution in [1.82, 2.24) is 0 Å². The van der Waals surface area contributed by atoms with Crippen LogP contribution in [0, 0.1) is 34.0 Å². The first-order valence-corrected chi connectivity index (χ1v) is 9.29. The average Bonchev–Trinajstić information content (AvgIpc) is 2.79. The Morgan fingerprint density at radius 2 is 1.91 bits per heavy atom. The molecule has 0 aromatic carbocycles. The Kier molecular flexibility index (Phi) is 3.23. The van der Waals surface area contributed by atoms with Gasteiger partial charge in [0.1, 0.15) is 5.78 Å². The topological polar surface area (TPSA) is 57.5 Å². The van der Waals surface area contributed by atoms with Gasteiger partial charge in [-0.3, -0.25) is 4.79 Å². The second-order valence-corrected chi connectivity index (χ2v) is 9.51. The fourth-order valence-electron chi connectivity index (χ4n) is 7.05. The summed E-state index contributed by atoms with van der Waals surface area (Å²) in [5, 5.41) is 20.2. The molecule has 3 fully saturated rings. The number of allylic oxidation sites excluding steroid dienone is 1. The molecule has 0 aromatic heterocycles. The third-order valence-electron chi connectivity index (χ3n) is 8.37. The Hall–Kier alpha value is -0.670. The number of aliphatic hydroxyl groups is 2. The summed E-state index contributed by atoms with van der Waals surface area (Å²) >= 11 is 0. The number of hydrogen-bond acceptors (Lipinski definition) is 3. The number of Topliss-reactive ketones (excluding diaryl/α,β-unsaturated/α-hetero) is 1. The smallest absolute Gasteiger partial charge is 0.143 e. The summed E-state index contributed by atoms with van der Waals surface area (Å²) in [5.41, 5.74) is 0.731. The summed E-state index contributed by atoms with van der Waals surface area (Å²) in [7, 11) is 0. The van der Waals surface area contributed by atoms with Gasteiger partial charge in [-0.2, -0.15) is 0 Å². The molecule has 0 aliphatic heterocycles. The number of carbonyl (C=O) groups excluding carboxylic acids is 1. The van der Waals surface area contributed by atoms with Crippen LogP contribution >= 0.6 is 0 Å². The van der Waals surface area contributed by atoms with Crippen LogP contribution in [0.4, 0.5) is 0 Å². The second-order valence-electron chi connectivity index (χ2n) is 9.51. The molecule has 3 saturated carbocycles. The Labute approximate surface area is 139 Å². The van der Waals surface area contributed by atoms with E-state index in [4.69, 9.17) is 0 Å². The van der Waals surface area contributed by atoms with E-state index in [1.807, 2.05) is 0 Å². The molecule has 23 heavy (non-hydrogen) atoms. The van der Waals surface area contributed by atoms with Gasteiger partial charge in [0.2, 0.25) is 0 Å². The molecular weight excluding hydrogens is 288 g/mol. The molecule has 3 nitrogen and oxygen atoms in total. The molecular formula is C20H30O3. The van der Waals surface area contributed by atoms with E-state index in [2.05, 4.69) is 26.8 Å². The molecule has 0 saturated heterocycles. The molecule has 0 amide bonds. The van der Waals surface area contributed by atoms with E-state index in [1.165, 1.54) is 0 Å². The highest BCUT2D eigenvalue weighted by Crippen LogP contribution is 2.69. The summed E-state index contributed by atoms with van der Waals surface area (Å²) in [6, 6.07) is 0. The Morgan fingerprint density at radius 3 is 2.61 bits per heavy atom. The van der Waals surface area contributed by atoms with Crippen LogP contribution in [-0.4, -0.2) is 28.7 Å². The molecule has 2 N–H and O–H groups in total. The lowest BCUT2D eigenvalue weighted by molar-refractivity contribution is -0.181. The Morgan fingerprint density at radius 1 is 1.17 bits per heavy atom. The van der Waals surface area contributed by atoms with Gasteiger partial charge in [-0.25, -0.2) is 0 Å². The average molecular weight is 318 g/mol. The van der Waals surface area contributed by atoms with Crippen molar-refractivity contribution in [2.45, 2.75) is 65.4 Å². The van der Waals surface area contributed by atoms with Gasteiger partial charge in [-0.1, -0.05) is 26.8 Å². The molecule has 3 heteroatoms. The molecule has 6 atom stereocenters. The highest BCUT2D eigenvalue weighted by Gasteiger charge is 2.66. The number of ketones is 1. The lowest BCUT2D eigenvalue weighted by Crippen LogP contribution is -2.62. The number of hydrogen-bond donors (Lipinski definition) is 2. The lowest BCUT2D eigenvalue weighted by atomic mass is 9.40. The van der Waals surface area contributed by atoms with E-state index < -0.39 is 0 Å². The van der Waals surface area contributed by atoms with Crippen molar-refractivity contribution in [3.63, 3.8) is 0 Å². The van der Waals surface area contributed by atoms with Crippen LogP contribution in [0.1, 0.15) is 59.3 Å². The van der Waals surface area contributed by atoms with E-state index in [9.17, 15) is 15.0 Å². The normalized spacial score (nSPS) is 51.0. The van der Waals surface area contributed by atoms with Crippen LogP contribution in [0.5, 0.6) is 0 Å². The molecule has 4 rings (SSSR count). The van der Waals surface area contributed by atoms with Crippen molar-refractivity contribution in [2.75, 3.05) is 6.61 Å². The van der Waals surface area contributed by atoms with Crippen molar-refractivity contribution >= 4 is 5.78 Å². The molecule has 4 aliphatic rings. The fraction of sp³-hybridized carbons (Fsp3) is 0.850. The van der Waals surface area contributed by atoms with Gasteiger partial charge in [0, 0.05) is 6.42 Å². The van der Waals surface area contributed by atoms with E-state index in [1.54, 1.807) is 0 Å². The summed E-state index contributed by atoms with van der Waals surface area (Å²) in [4.78, 5) is 13.3. The van der Waals surface area contributed by atoms with Crippen LogP contribution in [0.15, 0.2) is 11.6 Å². The van der Waals surface area contributed by atoms with Gasteiger partial charge in [0.15, 0.2) is 0 Å². The van der Waals surface area contributed by atoms with E-state index in [0.717, 1.165) is 37.7 Å². The molecule has 0 aromatic rings. The first kappa shape index (κ1) is 15.8. The molecule has 4 aliphatic carbocycles. The highest BCUT2D eigenvalue weighted by molar-refractivity contribution is 5.89. The maximum Gasteiger partial charge on any atom is 0.143 e. The number of carbonyl (C=O) groups is 1. The predicted octanol–water partition coefficient (Wildman–Crippen LogP) is 3.10. The maximum atomic E-state index is 13.3. The molecule has 0 unspecified atom stereocenters. The minimum Gasteiger partial charge on any atom is -0.393 e. The highest BCUT2D eigenvalue weighted by atomic mass is 16.3. The summed E-state index contributed by atoms with van der Waals surface area (Å²) in [6.45, 7) is 6.80. The molecule has 1 spiro atoms. The van der Waals surface area contributed by atoms with Gasteiger partial charge in [0.25, 0.3) is 0 Å². The van der Waals surface area contributed by atoms with Gasteiger partial charge in [-0.15, -0.1) is 0 Å². The Bertz CT molecular complexity index is 577. The second kappa shape index (κ2) is 4.70. The zero-order chi connectivity index (χ0) is 16.6. The minimum absolute atomic E-state index is 0.108. The minimum atomic E-state index is -0.315. The quantitative estimate of drug-likeness (QED) is 0.731. The first-order chi connectivity index (χ1) is 10.8. The van der Waals surface area contributed by atoms with Crippen molar-refractivity contribution in [1.29, 1.82) is 0 Å². The number of aliphatic hydroxyl groups excluding tert-OH is 2. The van der Waals surface area contributed by atoms with Crippen LogP contribution in [0.3, 0.4) is 0 Å². The fourth-order valence-corrected chi connectivity index (χ4v) is 7.05. The van der Waals surface area contributed by atoms with Crippen LogP contribution in [0.25, 0.3) is 0 Å². The predicted molar refractivity (Wildman–Crippen MR) is 88.7 cm³/mol. The Balaban J connectivity index is 1.81. The van der Waals surface area contributed by atoms with E-state index >= 15 is 0 Å². The van der Waals surface area contributed by atoms with Gasteiger partial charge in [0.05, 0.1) is 18.1 Å². The monoisotopic (exact) mass is 318 g/mol. The van der Waals surface area contributed by atoms with Crippen molar-refractivity contribution < 1.29 is 15.0 Å². The van der Waals surface area contributed by atoms with Gasteiger partial charge in [-0.05, 0) is 66.3 Å². The lowest BCUT2D eigenvalue weighted by Gasteiger charge is -2.63. The zero-order valence-corrected chi connectivity index (χ0v) is 14.6. The van der Waals surface area contributed by atoms with E-state index in [0.29, 0.717) is 24.0 Å². The molecule has 2 bridgehead atoms. The largest absolute Gasteiger partial charge is 0.393 e. The number of rotatable bonds is 1. The van der Waals surface area contributed by atoms with Crippen LogP contribution in [0.2, 0.25) is 0 Å². The third-order valence-corrected chi connectivity index (χ3v) is 8.37. The van der Waals surface area contributed by atoms with E-state index in [-0.39, 0.29) is 34.9 Å². The van der Waals surface area contributed by atoms with Gasteiger partial charge >= 0.3 is 0 Å². The van der Waals surface area contributed by atoms with Crippen LogP contribution < -0.4 is 0 Å².